The van der Waals surface area contributed by atoms with Crippen LogP contribution in [0.25, 0.3) is 0 Å². The molecule has 2 aliphatic rings. The second kappa shape index (κ2) is 4.75. The van der Waals surface area contributed by atoms with Gasteiger partial charge >= 0.3 is 0 Å². The molecular weight excluding hydrogens is 224 g/mol. The van der Waals surface area contributed by atoms with Crippen LogP contribution >= 0.6 is 0 Å². The molecule has 0 radical (unpaired) electrons. The van der Waals surface area contributed by atoms with E-state index in [1.54, 1.807) is 0 Å². The monoisotopic (exact) mass is 246 g/mol. The fourth-order valence-corrected chi connectivity index (χ4v) is 2.93. The third-order valence-electron chi connectivity index (χ3n) is 4.08. The van der Waals surface area contributed by atoms with E-state index in [1.165, 1.54) is 12.8 Å². The van der Waals surface area contributed by atoms with Crippen molar-refractivity contribution in [1.29, 1.82) is 0 Å². The van der Waals surface area contributed by atoms with Gasteiger partial charge in [-0.2, -0.15) is 4.98 Å². The molecule has 2 saturated heterocycles. The van der Waals surface area contributed by atoms with E-state index >= 15 is 0 Å². The van der Waals surface area contributed by atoms with Crippen molar-refractivity contribution in [3.63, 3.8) is 0 Å². The fraction of sp³-hybridized carbons (Fsp3) is 0.714. The average molecular weight is 246 g/mol. The molecule has 2 aliphatic heterocycles. The van der Waals surface area contributed by atoms with E-state index in [1.807, 2.05) is 12.3 Å². The molecule has 3 heterocycles. The number of hydrogen-bond acceptors (Lipinski definition) is 4. The Morgan fingerprint density at radius 1 is 1.06 bits per heavy atom. The van der Waals surface area contributed by atoms with Gasteiger partial charge in [-0.25, -0.2) is 4.98 Å². The second-order valence-corrected chi connectivity index (χ2v) is 5.89. The fourth-order valence-electron chi connectivity index (χ4n) is 2.93. The molecule has 0 amide bonds. The zero-order valence-electron chi connectivity index (χ0n) is 11.3. The van der Waals surface area contributed by atoms with Crippen LogP contribution in [0.5, 0.6) is 0 Å². The van der Waals surface area contributed by atoms with Gasteiger partial charge in [0.1, 0.15) is 5.82 Å². The van der Waals surface area contributed by atoms with E-state index < -0.39 is 0 Å². The van der Waals surface area contributed by atoms with Gasteiger partial charge in [0.25, 0.3) is 0 Å². The van der Waals surface area contributed by atoms with E-state index in [-0.39, 0.29) is 0 Å². The molecule has 1 aromatic heterocycles. The Labute approximate surface area is 109 Å². The van der Waals surface area contributed by atoms with E-state index in [0.717, 1.165) is 49.8 Å². The molecule has 2 atom stereocenters. The molecule has 3 rings (SSSR count). The predicted octanol–water partition coefficient (Wildman–Crippen LogP) is 2.17. The standard InChI is InChI=1S/C14H22N4/c1-11-4-7-17(9-11)13-3-6-15-14(16-13)18-8-5-12(2)10-18/h3,6,11-12H,4-5,7-10H2,1-2H3. The quantitative estimate of drug-likeness (QED) is 0.800. The lowest BCUT2D eigenvalue weighted by Crippen LogP contribution is -2.24. The largest absolute Gasteiger partial charge is 0.356 e. The van der Waals surface area contributed by atoms with Crippen LogP contribution < -0.4 is 9.80 Å². The summed E-state index contributed by atoms with van der Waals surface area (Å²) in [6.45, 7) is 9.07. The summed E-state index contributed by atoms with van der Waals surface area (Å²) in [6.07, 6.45) is 4.44. The lowest BCUT2D eigenvalue weighted by atomic mass is 10.2. The Balaban J connectivity index is 1.77. The van der Waals surface area contributed by atoms with Crippen molar-refractivity contribution >= 4 is 11.8 Å². The van der Waals surface area contributed by atoms with Crippen molar-refractivity contribution in [3.05, 3.63) is 12.3 Å². The third kappa shape index (κ3) is 2.28. The van der Waals surface area contributed by atoms with Gasteiger partial charge in [0.05, 0.1) is 0 Å². The Morgan fingerprint density at radius 2 is 1.72 bits per heavy atom. The highest BCUT2D eigenvalue weighted by Crippen LogP contribution is 2.25. The number of nitrogens with zero attached hydrogens (tertiary/aromatic N) is 4. The molecule has 0 aliphatic carbocycles. The Kier molecular flexibility index (Phi) is 3.10. The lowest BCUT2D eigenvalue weighted by molar-refractivity contribution is 0.657. The van der Waals surface area contributed by atoms with E-state index in [4.69, 9.17) is 4.98 Å². The van der Waals surface area contributed by atoms with Crippen molar-refractivity contribution in [2.75, 3.05) is 36.0 Å². The predicted molar refractivity (Wildman–Crippen MR) is 74.0 cm³/mol. The van der Waals surface area contributed by atoms with E-state index in [2.05, 4.69) is 28.6 Å². The van der Waals surface area contributed by atoms with Gasteiger partial charge in [-0.3, -0.25) is 0 Å². The maximum atomic E-state index is 4.75. The van der Waals surface area contributed by atoms with Crippen LogP contribution in [0.4, 0.5) is 11.8 Å². The minimum absolute atomic E-state index is 0.768. The zero-order valence-corrected chi connectivity index (χ0v) is 11.3. The van der Waals surface area contributed by atoms with Gasteiger partial charge in [0, 0.05) is 32.4 Å². The van der Waals surface area contributed by atoms with E-state index in [9.17, 15) is 0 Å². The Hall–Kier alpha value is -1.32. The lowest BCUT2D eigenvalue weighted by Gasteiger charge is -2.20. The first-order valence-electron chi connectivity index (χ1n) is 7.05. The molecule has 4 nitrogen and oxygen atoms in total. The molecule has 18 heavy (non-hydrogen) atoms. The number of anilines is 2. The molecular formula is C14H22N4. The summed E-state index contributed by atoms with van der Waals surface area (Å²) >= 11 is 0. The van der Waals surface area contributed by atoms with Crippen molar-refractivity contribution in [2.24, 2.45) is 11.8 Å². The Morgan fingerprint density at radius 3 is 2.33 bits per heavy atom. The van der Waals surface area contributed by atoms with Crippen LogP contribution in [0, 0.1) is 11.8 Å². The highest BCUT2D eigenvalue weighted by molar-refractivity contribution is 5.45. The number of aromatic nitrogens is 2. The average Bonchev–Trinajstić information content (AvgIpc) is 2.98. The molecule has 98 valence electrons. The highest BCUT2D eigenvalue weighted by Gasteiger charge is 2.23. The van der Waals surface area contributed by atoms with E-state index in [0.29, 0.717) is 0 Å². The molecule has 0 spiro atoms. The van der Waals surface area contributed by atoms with Gasteiger partial charge in [-0.05, 0) is 30.7 Å². The topological polar surface area (TPSA) is 32.3 Å². The first-order chi connectivity index (χ1) is 8.72. The maximum absolute atomic E-state index is 4.75. The molecule has 0 N–H and O–H groups in total. The van der Waals surface area contributed by atoms with Crippen LogP contribution in [0.15, 0.2) is 12.3 Å². The van der Waals surface area contributed by atoms with Crippen molar-refractivity contribution in [1.82, 2.24) is 9.97 Å². The molecule has 4 heteroatoms. The van der Waals surface area contributed by atoms with Crippen LogP contribution in [-0.2, 0) is 0 Å². The molecule has 2 unspecified atom stereocenters. The number of hydrogen-bond donors (Lipinski definition) is 0. The van der Waals surface area contributed by atoms with Crippen LogP contribution in [0.1, 0.15) is 26.7 Å². The molecule has 2 fully saturated rings. The summed E-state index contributed by atoms with van der Waals surface area (Å²) in [5.74, 6) is 3.57. The minimum atomic E-state index is 0.768. The highest BCUT2D eigenvalue weighted by atomic mass is 15.3. The summed E-state index contributed by atoms with van der Waals surface area (Å²) < 4.78 is 0. The smallest absolute Gasteiger partial charge is 0.227 e. The molecule has 0 saturated carbocycles. The summed E-state index contributed by atoms with van der Waals surface area (Å²) in [5, 5.41) is 0. The van der Waals surface area contributed by atoms with Gasteiger partial charge < -0.3 is 9.80 Å². The first-order valence-corrected chi connectivity index (χ1v) is 7.05. The molecule has 0 aromatic carbocycles. The zero-order chi connectivity index (χ0) is 12.5. The van der Waals surface area contributed by atoms with Crippen molar-refractivity contribution in [3.8, 4) is 0 Å². The summed E-state index contributed by atoms with van der Waals surface area (Å²) in [5.41, 5.74) is 0. The van der Waals surface area contributed by atoms with Crippen molar-refractivity contribution < 1.29 is 0 Å². The number of rotatable bonds is 2. The van der Waals surface area contributed by atoms with Crippen LogP contribution in [0.3, 0.4) is 0 Å². The molecule has 0 bridgehead atoms. The summed E-state index contributed by atoms with van der Waals surface area (Å²) in [7, 11) is 0. The minimum Gasteiger partial charge on any atom is -0.356 e. The third-order valence-corrected chi connectivity index (χ3v) is 4.08. The first kappa shape index (κ1) is 11.8. The normalized spacial score (nSPS) is 28.1. The van der Waals surface area contributed by atoms with Gasteiger partial charge in [0.15, 0.2) is 0 Å². The maximum Gasteiger partial charge on any atom is 0.227 e. The van der Waals surface area contributed by atoms with Crippen molar-refractivity contribution in [2.45, 2.75) is 26.7 Å². The van der Waals surface area contributed by atoms with Gasteiger partial charge in [-0.15, -0.1) is 0 Å². The summed E-state index contributed by atoms with van der Waals surface area (Å²) in [4.78, 5) is 13.9. The van der Waals surface area contributed by atoms with Crippen LogP contribution in [-0.4, -0.2) is 36.1 Å². The Bertz CT molecular complexity index is 385. The van der Waals surface area contributed by atoms with Gasteiger partial charge in [0.2, 0.25) is 5.95 Å². The van der Waals surface area contributed by atoms with Gasteiger partial charge in [-0.1, -0.05) is 13.8 Å². The molecule has 1 aromatic rings. The van der Waals surface area contributed by atoms with Crippen LogP contribution in [0.2, 0.25) is 0 Å². The SMILES string of the molecule is CC1CCN(c2ccnc(N3CCC(C)C3)n2)C1. The summed E-state index contributed by atoms with van der Waals surface area (Å²) in [6, 6.07) is 2.04. The second-order valence-electron chi connectivity index (χ2n) is 5.89.